The summed E-state index contributed by atoms with van der Waals surface area (Å²) in [7, 11) is -1.68. The molecule has 0 saturated carbocycles. The van der Waals surface area contributed by atoms with E-state index in [4.69, 9.17) is 0 Å². The van der Waals surface area contributed by atoms with Gasteiger partial charge in [-0.15, -0.1) is 0 Å². The first-order valence-electron chi connectivity index (χ1n) is 8.51. The SMILES string of the molecule is CC1(C)C=CC=C1[Si](C)(C)C1c2ccccc2-c2ccccc21. The highest BCUT2D eigenvalue weighted by Crippen LogP contribution is 2.53. The Labute approximate surface area is 140 Å². The highest BCUT2D eigenvalue weighted by atomic mass is 28.3. The fourth-order valence-electron chi connectivity index (χ4n) is 4.82. The van der Waals surface area contributed by atoms with Gasteiger partial charge < -0.3 is 0 Å². The summed E-state index contributed by atoms with van der Waals surface area (Å²) >= 11 is 0. The number of allylic oxidation sites excluding steroid dienone is 4. The smallest absolute Gasteiger partial charge is 0.0752 e. The Hall–Kier alpha value is -1.86. The molecule has 0 heterocycles. The molecule has 0 fully saturated rings. The standard InChI is InChI=1S/C22H24Si/c1-22(2)15-9-14-20(22)23(3,4)21-18-12-7-5-10-16(18)17-11-6-8-13-19(17)21/h5-15,21H,1-4H3. The van der Waals surface area contributed by atoms with Crippen LogP contribution >= 0.6 is 0 Å². The molecule has 0 N–H and O–H groups in total. The van der Waals surface area contributed by atoms with Crippen molar-refractivity contribution in [3.8, 4) is 11.1 Å². The number of hydrogen-bond donors (Lipinski definition) is 0. The minimum absolute atomic E-state index is 0.197. The van der Waals surface area contributed by atoms with Crippen LogP contribution in [0.4, 0.5) is 0 Å². The van der Waals surface area contributed by atoms with E-state index in [2.05, 4.69) is 93.7 Å². The van der Waals surface area contributed by atoms with Crippen molar-refractivity contribution in [2.75, 3.05) is 0 Å². The minimum Gasteiger partial charge on any atom is -0.0752 e. The predicted octanol–water partition coefficient (Wildman–Crippen LogP) is 6.11. The summed E-state index contributed by atoms with van der Waals surface area (Å²) in [4.78, 5) is 0. The molecule has 2 aromatic carbocycles. The number of fused-ring (bicyclic) bond motifs is 3. The van der Waals surface area contributed by atoms with Crippen molar-refractivity contribution in [2.24, 2.45) is 5.41 Å². The van der Waals surface area contributed by atoms with E-state index in [1.165, 1.54) is 22.3 Å². The third-order valence-electron chi connectivity index (χ3n) is 5.72. The van der Waals surface area contributed by atoms with Gasteiger partial charge in [0.05, 0.1) is 8.07 Å². The highest BCUT2D eigenvalue weighted by molar-refractivity contribution is 6.86. The molecule has 0 spiro atoms. The molecule has 4 rings (SSSR count). The summed E-state index contributed by atoms with van der Waals surface area (Å²) in [6.45, 7) is 9.84. The van der Waals surface area contributed by atoms with Crippen molar-refractivity contribution in [3.05, 3.63) is 83.1 Å². The fraction of sp³-hybridized carbons (Fsp3) is 0.273. The van der Waals surface area contributed by atoms with Crippen LogP contribution in [0.1, 0.15) is 30.5 Å². The van der Waals surface area contributed by atoms with Crippen LogP contribution in [-0.2, 0) is 0 Å². The number of rotatable bonds is 2. The van der Waals surface area contributed by atoms with E-state index in [-0.39, 0.29) is 5.41 Å². The molecule has 0 radical (unpaired) electrons. The first kappa shape index (κ1) is 14.7. The zero-order valence-electron chi connectivity index (χ0n) is 14.4. The van der Waals surface area contributed by atoms with Crippen molar-refractivity contribution in [1.82, 2.24) is 0 Å². The molecular formula is C22H24Si. The lowest BCUT2D eigenvalue weighted by molar-refractivity contribution is 0.612. The minimum atomic E-state index is -1.68. The molecule has 0 aliphatic heterocycles. The van der Waals surface area contributed by atoms with Crippen molar-refractivity contribution in [1.29, 1.82) is 0 Å². The van der Waals surface area contributed by atoms with Crippen LogP contribution < -0.4 is 0 Å². The normalized spacial score (nSPS) is 18.7. The molecule has 0 atom stereocenters. The van der Waals surface area contributed by atoms with Crippen LogP contribution in [0.5, 0.6) is 0 Å². The molecule has 0 nitrogen and oxygen atoms in total. The average molecular weight is 317 g/mol. The molecule has 2 aliphatic rings. The van der Waals surface area contributed by atoms with Crippen LogP contribution in [0, 0.1) is 5.41 Å². The Morgan fingerprint density at radius 2 is 1.35 bits per heavy atom. The molecule has 1 heteroatoms. The van der Waals surface area contributed by atoms with E-state index in [1.54, 1.807) is 5.20 Å². The zero-order chi connectivity index (χ0) is 16.2. The summed E-state index contributed by atoms with van der Waals surface area (Å²) in [5, 5.41) is 1.67. The Morgan fingerprint density at radius 3 is 1.83 bits per heavy atom. The van der Waals surface area contributed by atoms with Crippen LogP contribution in [0.2, 0.25) is 13.1 Å². The molecule has 2 aliphatic carbocycles. The van der Waals surface area contributed by atoms with E-state index in [1.807, 2.05) is 0 Å². The van der Waals surface area contributed by atoms with E-state index in [0.29, 0.717) is 5.54 Å². The Bertz CT molecular complexity index is 791. The van der Waals surface area contributed by atoms with Gasteiger partial charge in [0.25, 0.3) is 0 Å². The van der Waals surface area contributed by atoms with Crippen molar-refractivity contribution in [2.45, 2.75) is 32.5 Å². The summed E-state index contributed by atoms with van der Waals surface area (Å²) in [5.74, 6) is 0. The first-order valence-corrected chi connectivity index (χ1v) is 11.6. The predicted molar refractivity (Wildman–Crippen MR) is 102 cm³/mol. The summed E-state index contributed by atoms with van der Waals surface area (Å²) in [5.41, 5.74) is 6.71. The van der Waals surface area contributed by atoms with Gasteiger partial charge in [0, 0.05) is 11.0 Å². The molecule has 0 saturated heterocycles. The van der Waals surface area contributed by atoms with Gasteiger partial charge in [-0.25, -0.2) is 0 Å². The summed E-state index contributed by atoms with van der Waals surface area (Å²) in [6, 6.07) is 18.1. The van der Waals surface area contributed by atoms with Gasteiger partial charge in [-0.1, -0.05) is 98.9 Å². The fourth-order valence-corrected chi connectivity index (χ4v) is 9.46. The lowest BCUT2D eigenvalue weighted by atomic mass is 9.96. The maximum atomic E-state index is 2.55. The first-order chi connectivity index (χ1) is 10.9. The van der Waals surface area contributed by atoms with Gasteiger partial charge >= 0.3 is 0 Å². The molecule has 0 amide bonds. The molecule has 116 valence electrons. The zero-order valence-corrected chi connectivity index (χ0v) is 15.4. The van der Waals surface area contributed by atoms with Gasteiger partial charge in [0.15, 0.2) is 0 Å². The third kappa shape index (κ3) is 2.03. The van der Waals surface area contributed by atoms with Crippen molar-refractivity contribution in [3.63, 3.8) is 0 Å². The van der Waals surface area contributed by atoms with E-state index < -0.39 is 8.07 Å². The highest BCUT2D eigenvalue weighted by Gasteiger charge is 2.46. The summed E-state index contributed by atoms with van der Waals surface area (Å²) < 4.78 is 0. The summed E-state index contributed by atoms with van der Waals surface area (Å²) in [6.07, 6.45) is 7.02. The third-order valence-corrected chi connectivity index (χ3v) is 9.98. The van der Waals surface area contributed by atoms with Crippen molar-refractivity contribution >= 4 is 8.07 Å². The van der Waals surface area contributed by atoms with Crippen LogP contribution in [-0.4, -0.2) is 8.07 Å². The lowest BCUT2D eigenvalue weighted by Crippen LogP contribution is -2.41. The van der Waals surface area contributed by atoms with Gasteiger partial charge in [0.1, 0.15) is 0 Å². The lowest BCUT2D eigenvalue weighted by Gasteiger charge is -2.39. The Morgan fingerprint density at radius 1 is 0.826 bits per heavy atom. The van der Waals surface area contributed by atoms with Gasteiger partial charge in [0.2, 0.25) is 0 Å². The quantitative estimate of drug-likeness (QED) is 0.586. The molecule has 0 aromatic heterocycles. The molecule has 0 bridgehead atoms. The molecule has 2 aromatic rings. The monoisotopic (exact) mass is 316 g/mol. The Balaban J connectivity index is 1.92. The maximum Gasteiger partial charge on any atom is 0.0888 e. The molecule has 23 heavy (non-hydrogen) atoms. The van der Waals surface area contributed by atoms with Crippen LogP contribution in [0.3, 0.4) is 0 Å². The van der Waals surface area contributed by atoms with E-state index in [0.717, 1.165) is 0 Å². The number of hydrogen-bond acceptors (Lipinski definition) is 0. The average Bonchev–Trinajstić information content (AvgIpc) is 3.05. The second-order valence-electron chi connectivity index (χ2n) is 7.99. The largest absolute Gasteiger partial charge is 0.0888 e. The van der Waals surface area contributed by atoms with E-state index in [9.17, 15) is 0 Å². The van der Waals surface area contributed by atoms with Crippen LogP contribution in [0.15, 0.2) is 72.0 Å². The molecule has 0 unspecified atom stereocenters. The van der Waals surface area contributed by atoms with E-state index >= 15 is 0 Å². The van der Waals surface area contributed by atoms with Gasteiger partial charge in [-0.3, -0.25) is 0 Å². The number of benzene rings is 2. The second-order valence-corrected chi connectivity index (χ2v) is 12.5. The van der Waals surface area contributed by atoms with Crippen molar-refractivity contribution < 1.29 is 0 Å². The van der Waals surface area contributed by atoms with Gasteiger partial charge in [-0.05, 0) is 22.3 Å². The Kier molecular flexibility index (Phi) is 3.08. The van der Waals surface area contributed by atoms with Gasteiger partial charge in [-0.2, -0.15) is 0 Å². The topological polar surface area (TPSA) is 0 Å². The van der Waals surface area contributed by atoms with Crippen LogP contribution in [0.25, 0.3) is 11.1 Å². The second kappa shape index (κ2) is 4.81. The maximum absolute atomic E-state index is 2.55. The molecular weight excluding hydrogens is 292 g/mol.